The summed E-state index contributed by atoms with van der Waals surface area (Å²) in [5.74, 6) is 1.27. The summed E-state index contributed by atoms with van der Waals surface area (Å²) >= 11 is 0. The maximum Gasteiger partial charge on any atom is 0.124 e. The number of nitrogens with zero attached hydrogens (tertiary/aromatic N) is 2. The van der Waals surface area contributed by atoms with Crippen molar-refractivity contribution in [2.24, 2.45) is 24.8 Å². The fraction of sp³-hybridized carbons (Fsp3) is 0.571. The van der Waals surface area contributed by atoms with Crippen LogP contribution in [-0.2, 0) is 18.3 Å². The van der Waals surface area contributed by atoms with E-state index in [0.29, 0.717) is 23.9 Å². The third-order valence-corrected chi connectivity index (χ3v) is 6.97. The number of aldehydes is 1. The molecule has 5 atom stereocenters. The number of likely N-dealkylation sites (N-methyl/N-ethyl adjacent to an activating group) is 1. The fourth-order valence-corrected chi connectivity index (χ4v) is 5.40. The van der Waals surface area contributed by atoms with Crippen molar-refractivity contribution in [2.75, 3.05) is 7.05 Å². The highest BCUT2D eigenvalue weighted by Gasteiger charge is 2.48. The second kappa shape index (κ2) is 5.73. The number of aromatic nitrogens is 1. The lowest BCUT2D eigenvalue weighted by molar-refractivity contribution is -0.120. The monoisotopic (exact) mass is 324 g/mol. The Morgan fingerprint density at radius 3 is 2.75 bits per heavy atom. The van der Waals surface area contributed by atoms with Crippen LogP contribution in [0.4, 0.5) is 0 Å². The van der Waals surface area contributed by atoms with Crippen LogP contribution in [0.25, 0.3) is 10.9 Å². The van der Waals surface area contributed by atoms with E-state index < -0.39 is 0 Å². The van der Waals surface area contributed by atoms with E-state index in [1.165, 1.54) is 28.4 Å². The Bertz CT molecular complexity index is 777. The molecular weight excluding hydrogens is 296 g/mol. The van der Waals surface area contributed by atoms with Crippen molar-refractivity contribution < 1.29 is 4.79 Å². The van der Waals surface area contributed by atoms with Gasteiger partial charge in [0.05, 0.1) is 6.04 Å². The highest BCUT2D eigenvalue weighted by atomic mass is 16.1. The van der Waals surface area contributed by atoms with Gasteiger partial charge in [0.25, 0.3) is 0 Å². The molecule has 1 aromatic carbocycles. The Labute approximate surface area is 144 Å². The van der Waals surface area contributed by atoms with E-state index in [2.05, 4.69) is 61.7 Å². The number of hydrogen-bond acceptors (Lipinski definition) is 2. The largest absolute Gasteiger partial charge is 0.346 e. The number of aryl methyl sites for hydroxylation is 1. The van der Waals surface area contributed by atoms with E-state index >= 15 is 0 Å². The molecule has 3 heteroatoms. The van der Waals surface area contributed by atoms with Crippen LogP contribution in [-0.4, -0.2) is 28.8 Å². The van der Waals surface area contributed by atoms with Gasteiger partial charge in [0.1, 0.15) is 6.29 Å². The smallest absolute Gasteiger partial charge is 0.124 e. The summed E-state index contributed by atoms with van der Waals surface area (Å²) in [4.78, 5) is 14.5. The summed E-state index contributed by atoms with van der Waals surface area (Å²) in [6.45, 7) is 4.58. The lowest BCUT2D eigenvalue weighted by Gasteiger charge is -2.51. The molecule has 1 saturated heterocycles. The summed E-state index contributed by atoms with van der Waals surface area (Å²) in [7, 11) is 4.43. The van der Waals surface area contributed by atoms with Crippen LogP contribution in [0, 0.1) is 17.8 Å². The van der Waals surface area contributed by atoms with Gasteiger partial charge in [-0.15, -0.1) is 0 Å². The van der Waals surface area contributed by atoms with E-state index in [-0.39, 0.29) is 5.92 Å². The molecule has 4 rings (SSSR count). The van der Waals surface area contributed by atoms with Gasteiger partial charge in [0.15, 0.2) is 0 Å². The predicted molar refractivity (Wildman–Crippen MR) is 98.0 cm³/mol. The lowest BCUT2D eigenvalue weighted by Crippen LogP contribution is -2.54. The molecule has 1 aromatic heterocycles. The van der Waals surface area contributed by atoms with Gasteiger partial charge in [-0.2, -0.15) is 0 Å². The Kier molecular flexibility index (Phi) is 3.80. The summed E-state index contributed by atoms with van der Waals surface area (Å²) in [6, 6.07) is 9.51. The zero-order valence-corrected chi connectivity index (χ0v) is 15.2. The summed E-state index contributed by atoms with van der Waals surface area (Å²) in [5.41, 5.74) is 4.29. The van der Waals surface area contributed by atoms with Gasteiger partial charge in [-0.25, -0.2) is 0 Å². The molecule has 3 heterocycles. The van der Waals surface area contributed by atoms with Crippen LogP contribution in [0.2, 0.25) is 0 Å². The van der Waals surface area contributed by atoms with E-state index in [9.17, 15) is 4.79 Å². The highest BCUT2D eigenvalue weighted by molar-refractivity contribution is 5.86. The Hall–Kier alpha value is -1.61. The first-order valence-electron chi connectivity index (χ1n) is 9.31. The van der Waals surface area contributed by atoms with E-state index in [4.69, 9.17) is 0 Å². The third kappa shape index (κ3) is 2.03. The normalized spacial score (nSPS) is 31.0. The van der Waals surface area contributed by atoms with Crippen molar-refractivity contribution in [3.05, 3.63) is 35.5 Å². The standard InChI is InChI=1S/C21H28N2O/c1-5-13(2)15-10-20-21-16(11-19(22(20)3)17(15)12-24)14-8-6-7-9-18(14)23(21)4/h6-9,12-13,15,17,19-20H,5,10-11H2,1-4H3/t13-,15+,17-,19+,20+/m1/s1. The van der Waals surface area contributed by atoms with Crippen molar-refractivity contribution in [1.82, 2.24) is 9.47 Å². The number of para-hydroxylation sites is 1. The van der Waals surface area contributed by atoms with Gasteiger partial charge in [0, 0.05) is 35.6 Å². The first-order chi connectivity index (χ1) is 11.6. The molecule has 24 heavy (non-hydrogen) atoms. The van der Waals surface area contributed by atoms with E-state index in [1.54, 1.807) is 0 Å². The molecular formula is C21H28N2O. The maximum absolute atomic E-state index is 12.0. The molecule has 0 unspecified atom stereocenters. The molecule has 0 aliphatic carbocycles. The summed E-state index contributed by atoms with van der Waals surface area (Å²) < 4.78 is 2.40. The molecule has 0 saturated carbocycles. The summed E-state index contributed by atoms with van der Waals surface area (Å²) in [5, 5.41) is 1.38. The minimum atomic E-state index is 0.160. The molecule has 2 aliphatic rings. The number of fused-ring (bicyclic) bond motifs is 6. The van der Waals surface area contributed by atoms with Gasteiger partial charge < -0.3 is 9.36 Å². The number of hydrogen-bond donors (Lipinski definition) is 0. The predicted octanol–water partition coefficient (Wildman–Crippen LogP) is 3.96. The first-order valence-corrected chi connectivity index (χ1v) is 9.31. The Morgan fingerprint density at radius 2 is 2.04 bits per heavy atom. The molecule has 2 aliphatic heterocycles. The maximum atomic E-state index is 12.0. The quantitative estimate of drug-likeness (QED) is 0.799. The number of carbonyl (C=O) groups excluding carboxylic acids is 1. The SMILES string of the molecule is CC[C@@H](C)[C@@H]1C[C@H]2c3c(c4ccccc4n3C)C[C@@H]([C@@H]1C=O)N2C. The summed E-state index contributed by atoms with van der Waals surface area (Å²) in [6.07, 6.45) is 4.51. The van der Waals surface area contributed by atoms with Gasteiger partial charge in [-0.05, 0) is 43.4 Å². The lowest BCUT2D eigenvalue weighted by atomic mass is 9.66. The molecule has 0 amide bonds. The van der Waals surface area contributed by atoms with Crippen LogP contribution in [0.1, 0.15) is 44.0 Å². The highest BCUT2D eigenvalue weighted by Crippen LogP contribution is 2.49. The Balaban J connectivity index is 1.88. The molecule has 3 nitrogen and oxygen atoms in total. The van der Waals surface area contributed by atoms with Crippen molar-refractivity contribution >= 4 is 17.2 Å². The molecule has 1 fully saturated rings. The van der Waals surface area contributed by atoms with E-state index in [0.717, 1.165) is 19.3 Å². The van der Waals surface area contributed by atoms with Crippen LogP contribution >= 0.6 is 0 Å². The van der Waals surface area contributed by atoms with Crippen molar-refractivity contribution in [3.8, 4) is 0 Å². The number of carbonyl (C=O) groups is 1. The second-order valence-corrected chi connectivity index (χ2v) is 7.89. The van der Waals surface area contributed by atoms with Crippen LogP contribution < -0.4 is 0 Å². The number of piperidine rings is 1. The molecule has 0 radical (unpaired) electrons. The molecule has 0 spiro atoms. The Morgan fingerprint density at radius 1 is 1.29 bits per heavy atom. The van der Waals surface area contributed by atoms with Gasteiger partial charge in [-0.3, -0.25) is 4.90 Å². The third-order valence-electron chi connectivity index (χ3n) is 6.97. The zero-order chi connectivity index (χ0) is 17.0. The van der Waals surface area contributed by atoms with Crippen molar-refractivity contribution in [3.63, 3.8) is 0 Å². The van der Waals surface area contributed by atoms with Crippen LogP contribution in [0.5, 0.6) is 0 Å². The van der Waals surface area contributed by atoms with Crippen LogP contribution in [0.15, 0.2) is 24.3 Å². The second-order valence-electron chi connectivity index (χ2n) is 7.89. The van der Waals surface area contributed by atoms with Crippen LogP contribution in [0.3, 0.4) is 0 Å². The van der Waals surface area contributed by atoms with Gasteiger partial charge in [-0.1, -0.05) is 38.5 Å². The topological polar surface area (TPSA) is 25.2 Å². The number of rotatable bonds is 3. The van der Waals surface area contributed by atoms with Gasteiger partial charge >= 0.3 is 0 Å². The molecule has 128 valence electrons. The fourth-order valence-electron chi connectivity index (χ4n) is 5.40. The molecule has 0 N–H and O–H groups in total. The molecule has 2 aromatic rings. The minimum Gasteiger partial charge on any atom is -0.346 e. The van der Waals surface area contributed by atoms with Crippen molar-refractivity contribution in [1.29, 1.82) is 0 Å². The average Bonchev–Trinajstić information content (AvgIpc) is 2.87. The number of benzene rings is 1. The van der Waals surface area contributed by atoms with Crippen molar-refractivity contribution in [2.45, 2.75) is 45.2 Å². The molecule has 2 bridgehead atoms. The van der Waals surface area contributed by atoms with Gasteiger partial charge in [0.2, 0.25) is 0 Å². The zero-order valence-electron chi connectivity index (χ0n) is 15.2. The first kappa shape index (κ1) is 15.9. The average molecular weight is 324 g/mol. The minimum absolute atomic E-state index is 0.160. The van der Waals surface area contributed by atoms with E-state index in [1.807, 2.05) is 0 Å².